The van der Waals surface area contributed by atoms with Crippen LogP contribution in [0.4, 0.5) is 0 Å². The lowest BCUT2D eigenvalue weighted by molar-refractivity contribution is -1.92. The zero-order valence-corrected chi connectivity index (χ0v) is 4.96. The fraction of sp³-hybridized carbons (Fsp3) is 1.00. The van der Waals surface area contributed by atoms with Gasteiger partial charge >= 0.3 is 0 Å². The van der Waals surface area contributed by atoms with Crippen molar-refractivity contribution < 1.29 is 34.0 Å². The monoisotopic (exact) mass is 146 g/mol. The molecule has 0 radical (unpaired) electrons. The molecule has 52 valence electrons. The van der Waals surface area contributed by atoms with Crippen molar-refractivity contribution in [3.8, 4) is 0 Å². The highest BCUT2D eigenvalue weighted by atomic mass is 35.7. The van der Waals surface area contributed by atoms with Gasteiger partial charge in [0.15, 0.2) is 0 Å². The molecule has 0 unspecified atom stereocenters. The molecular formula is C2H7ClO5. The lowest BCUT2D eigenvalue weighted by Crippen LogP contribution is -2.58. The number of hydrogen-bond acceptors (Lipinski definition) is 5. The molecule has 0 spiro atoms. The van der Waals surface area contributed by atoms with Gasteiger partial charge in [0, 0.05) is 6.61 Å². The SMILES string of the molecule is CCO.[O-][Cl+3]([O-])([O-])O. The van der Waals surface area contributed by atoms with Crippen molar-refractivity contribution in [2.45, 2.75) is 6.92 Å². The van der Waals surface area contributed by atoms with E-state index in [4.69, 9.17) is 23.7 Å². The lowest BCUT2D eigenvalue weighted by atomic mass is 10.9. The van der Waals surface area contributed by atoms with Gasteiger partial charge in [-0.05, 0) is 6.92 Å². The third-order valence-corrected chi connectivity index (χ3v) is 0. The smallest absolute Gasteiger partial charge is 0.0777 e. The Morgan fingerprint density at radius 1 is 1.38 bits per heavy atom. The van der Waals surface area contributed by atoms with Crippen LogP contribution >= 0.6 is 0 Å². The van der Waals surface area contributed by atoms with Crippen molar-refractivity contribution in [1.82, 2.24) is 0 Å². The van der Waals surface area contributed by atoms with Crippen LogP contribution in [0.3, 0.4) is 0 Å². The van der Waals surface area contributed by atoms with Gasteiger partial charge in [0.2, 0.25) is 0 Å². The summed E-state index contributed by atoms with van der Waals surface area (Å²) in [5, 5.41) is 7.57. The van der Waals surface area contributed by atoms with E-state index in [1.165, 1.54) is 0 Å². The Kier molecular flexibility index (Phi) is 7.17. The van der Waals surface area contributed by atoms with E-state index in [2.05, 4.69) is 0 Å². The predicted molar refractivity (Wildman–Crippen MR) is 15.0 cm³/mol. The third-order valence-electron chi connectivity index (χ3n) is 0. The first-order valence-corrected chi connectivity index (χ1v) is 2.92. The van der Waals surface area contributed by atoms with E-state index in [9.17, 15) is 0 Å². The number of aliphatic hydroxyl groups excluding tert-OH is 1. The second kappa shape index (κ2) is 5.23. The molecule has 0 amide bonds. The van der Waals surface area contributed by atoms with Gasteiger partial charge in [-0.1, -0.05) is 0 Å². The molecule has 0 aromatic rings. The van der Waals surface area contributed by atoms with Crippen LogP contribution < -0.4 is 14.0 Å². The largest absolute Gasteiger partial charge is 0.397 e. The van der Waals surface area contributed by atoms with Gasteiger partial charge in [0.05, 0.1) is 14.9 Å². The Labute approximate surface area is 48.5 Å². The van der Waals surface area contributed by atoms with Gasteiger partial charge in [-0.15, -0.1) is 0 Å². The van der Waals surface area contributed by atoms with Gasteiger partial charge in [0.25, 0.3) is 0 Å². The van der Waals surface area contributed by atoms with Gasteiger partial charge in [-0.3, -0.25) is 0 Å². The fourth-order valence-electron chi connectivity index (χ4n) is 0. The van der Waals surface area contributed by atoms with Crippen LogP contribution in [-0.2, 0) is 0 Å². The van der Waals surface area contributed by atoms with Crippen molar-refractivity contribution >= 4 is 0 Å². The molecule has 0 aromatic carbocycles. The second-order valence-corrected chi connectivity index (χ2v) is 1.50. The van der Waals surface area contributed by atoms with Crippen LogP contribution in [0.25, 0.3) is 0 Å². The normalized spacial score (nSPS) is 9.75. The molecule has 2 N–H and O–H groups in total. The first kappa shape index (κ1) is 11.0. The fourth-order valence-corrected chi connectivity index (χ4v) is 0. The Morgan fingerprint density at radius 3 is 1.38 bits per heavy atom. The summed E-state index contributed by atoms with van der Waals surface area (Å²) in [7, 11) is -4.69. The molecule has 8 heavy (non-hydrogen) atoms. The van der Waals surface area contributed by atoms with Crippen molar-refractivity contribution in [3.63, 3.8) is 0 Å². The summed E-state index contributed by atoms with van der Waals surface area (Å²) in [5.74, 6) is 0. The average Bonchev–Trinajstić information content (AvgIpc) is 1.27. The highest BCUT2D eigenvalue weighted by molar-refractivity contribution is 3.84. The van der Waals surface area contributed by atoms with Gasteiger partial charge in [-0.2, -0.15) is 14.0 Å². The molecular weight excluding hydrogens is 139 g/mol. The Bertz CT molecular complexity index is 34.2. The van der Waals surface area contributed by atoms with E-state index in [-0.39, 0.29) is 6.61 Å². The van der Waals surface area contributed by atoms with E-state index >= 15 is 0 Å². The highest BCUT2D eigenvalue weighted by Gasteiger charge is 1.98. The van der Waals surface area contributed by atoms with E-state index in [1.807, 2.05) is 0 Å². The molecule has 0 aliphatic carbocycles. The van der Waals surface area contributed by atoms with Crippen LogP contribution in [0.2, 0.25) is 0 Å². The molecule has 0 bridgehead atoms. The van der Waals surface area contributed by atoms with Gasteiger partial charge < -0.3 is 5.11 Å². The molecule has 0 fully saturated rings. The standard InChI is InChI=1S/C2H6O.ClHO4/c1-2-3;2-1(3,4)5/h3H,2H2,1H3;(H,2,3,4,5). The molecule has 0 saturated carbocycles. The number of aliphatic hydroxyl groups is 1. The number of rotatable bonds is 0. The minimum atomic E-state index is -4.69. The molecule has 0 rings (SSSR count). The summed E-state index contributed by atoms with van der Waals surface area (Å²) in [6, 6.07) is 0. The maximum absolute atomic E-state index is 8.60. The van der Waals surface area contributed by atoms with Crippen LogP contribution in [0.1, 0.15) is 6.92 Å². The summed E-state index contributed by atoms with van der Waals surface area (Å²) < 4.78 is 32.7. The zero-order valence-electron chi connectivity index (χ0n) is 4.20. The molecule has 0 heterocycles. The number of halogens is 1. The molecule has 0 saturated heterocycles. The first-order valence-electron chi connectivity index (χ1n) is 1.66. The predicted octanol–water partition coefficient (Wildman–Crippen LogP) is -4.13. The highest BCUT2D eigenvalue weighted by Crippen LogP contribution is 1.60. The summed E-state index contributed by atoms with van der Waals surface area (Å²) in [6.45, 7) is 1.93. The van der Waals surface area contributed by atoms with E-state index < -0.39 is 10.2 Å². The van der Waals surface area contributed by atoms with Crippen molar-refractivity contribution in [3.05, 3.63) is 0 Å². The summed E-state index contributed by atoms with van der Waals surface area (Å²) in [5.41, 5.74) is 0. The minimum absolute atomic E-state index is 0.250. The zero-order chi connectivity index (χ0) is 7.21. The van der Waals surface area contributed by atoms with Gasteiger partial charge in [0.1, 0.15) is 0 Å². The van der Waals surface area contributed by atoms with E-state index in [0.29, 0.717) is 0 Å². The number of hydrogen-bond donors (Lipinski definition) is 2. The molecule has 0 atom stereocenters. The van der Waals surface area contributed by atoms with E-state index in [0.717, 1.165) is 0 Å². The summed E-state index contributed by atoms with van der Waals surface area (Å²) in [6.07, 6.45) is 0. The van der Waals surface area contributed by atoms with Crippen LogP contribution in [0, 0.1) is 10.2 Å². The van der Waals surface area contributed by atoms with Gasteiger partial charge in [-0.25, -0.2) is 0 Å². The second-order valence-electron chi connectivity index (χ2n) is 0.712. The summed E-state index contributed by atoms with van der Waals surface area (Å²) >= 11 is 0. The lowest BCUT2D eigenvalue weighted by Gasteiger charge is -2.03. The Balaban J connectivity index is 0. The molecule has 0 aliphatic heterocycles. The van der Waals surface area contributed by atoms with Crippen LogP contribution in [0.15, 0.2) is 0 Å². The maximum Gasteiger partial charge on any atom is 0.0777 e. The maximum atomic E-state index is 8.60. The first-order chi connectivity index (χ1) is 3.41. The molecule has 0 aromatic heterocycles. The molecule has 5 nitrogen and oxygen atoms in total. The Morgan fingerprint density at radius 2 is 1.38 bits per heavy atom. The van der Waals surface area contributed by atoms with Crippen LogP contribution in [0.5, 0.6) is 0 Å². The minimum Gasteiger partial charge on any atom is -0.397 e. The van der Waals surface area contributed by atoms with Crippen molar-refractivity contribution in [1.29, 1.82) is 0 Å². The summed E-state index contributed by atoms with van der Waals surface area (Å²) in [4.78, 5) is 0. The average molecular weight is 147 g/mol. The van der Waals surface area contributed by atoms with E-state index in [1.54, 1.807) is 6.92 Å². The topological polar surface area (TPSA) is 110 Å². The quantitative estimate of drug-likeness (QED) is 0.361. The van der Waals surface area contributed by atoms with Crippen molar-refractivity contribution in [2.75, 3.05) is 6.61 Å². The Hall–Kier alpha value is 0.0900. The third kappa shape index (κ3) is 19500. The van der Waals surface area contributed by atoms with Crippen LogP contribution in [-0.4, -0.2) is 16.4 Å². The van der Waals surface area contributed by atoms with Crippen molar-refractivity contribution in [2.24, 2.45) is 0 Å². The molecule has 6 heteroatoms. The molecule has 0 aliphatic rings.